The molecule has 1 saturated heterocycles. The number of aryl methyl sites for hydroxylation is 1. The van der Waals surface area contributed by atoms with Crippen molar-refractivity contribution in [1.29, 1.82) is 0 Å². The van der Waals surface area contributed by atoms with Crippen LogP contribution in [0.15, 0.2) is 30.3 Å². The van der Waals surface area contributed by atoms with Crippen LogP contribution in [-0.2, 0) is 16.0 Å². The molecule has 1 aliphatic heterocycles. The first-order chi connectivity index (χ1) is 11.1. The minimum Gasteiger partial charge on any atom is -0.355 e. The Bertz CT molecular complexity index is 516. The number of amides is 2. The highest BCUT2D eigenvalue weighted by Gasteiger charge is 2.33. The molecule has 23 heavy (non-hydrogen) atoms. The van der Waals surface area contributed by atoms with Gasteiger partial charge in [0.1, 0.15) is 0 Å². The number of hydrogen-bond donors (Lipinski definition) is 1. The lowest BCUT2D eigenvalue weighted by atomic mass is 10.1. The van der Waals surface area contributed by atoms with Gasteiger partial charge in [-0.25, -0.2) is 0 Å². The molecular formula is C18H27N3O2. The van der Waals surface area contributed by atoms with Gasteiger partial charge in [0.2, 0.25) is 11.8 Å². The van der Waals surface area contributed by atoms with Crippen LogP contribution in [0, 0.1) is 5.92 Å². The van der Waals surface area contributed by atoms with Gasteiger partial charge in [-0.05, 0) is 32.5 Å². The van der Waals surface area contributed by atoms with Gasteiger partial charge in [-0.15, -0.1) is 0 Å². The fraction of sp³-hybridized carbons (Fsp3) is 0.556. The van der Waals surface area contributed by atoms with E-state index in [2.05, 4.69) is 17.4 Å². The molecule has 1 aliphatic rings. The Hall–Kier alpha value is -1.88. The molecule has 0 aliphatic carbocycles. The third-order valence-corrected chi connectivity index (χ3v) is 4.18. The van der Waals surface area contributed by atoms with E-state index in [9.17, 15) is 9.59 Å². The summed E-state index contributed by atoms with van der Waals surface area (Å²) in [6.45, 7) is 2.73. The van der Waals surface area contributed by atoms with E-state index in [1.807, 2.05) is 42.1 Å². The third-order valence-electron chi connectivity index (χ3n) is 4.18. The molecule has 0 radical (unpaired) electrons. The Kier molecular flexibility index (Phi) is 6.59. The van der Waals surface area contributed by atoms with E-state index in [1.165, 1.54) is 5.56 Å². The number of rotatable bonds is 8. The van der Waals surface area contributed by atoms with Crippen molar-refractivity contribution < 1.29 is 9.59 Å². The van der Waals surface area contributed by atoms with E-state index >= 15 is 0 Å². The van der Waals surface area contributed by atoms with Gasteiger partial charge in [0.25, 0.3) is 0 Å². The molecule has 5 nitrogen and oxygen atoms in total. The smallest absolute Gasteiger partial charge is 0.225 e. The van der Waals surface area contributed by atoms with Crippen molar-refractivity contribution in [1.82, 2.24) is 15.1 Å². The van der Waals surface area contributed by atoms with Crippen LogP contribution in [0.25, 0.3) is 0 Å². The van der Waals surface area contributed by atoms with Crippen molar-refractivity contribution in [3.63, 3.8) is 0 Å². The quantitative estimate of drug-likeness (QED) is 0.782. The summed E-state index contributed by atoms with van der Waals surface area (Å²) in [5, 5.41) is 2.92. The molecule has 0 aromatic heterocycles. The molecule has 126 valence electrons. The van der Waals surface area contributed by atoms with Gasteiger partial charge >= 0.3 is 0 Å². The van der Waals surface area contributed by atoms with E-state index < -0.39 is 0 Å². The minimum atomic E-state index is -0.193. The number of carbonyl (C=O) groups excluding carboxylic acids is 2. The number of nitrogens with zero attached hydrogens (tertiary/aromatic N) is 2. The molecule has 1 N–H and O–H groups in total. The lowest BCUT2D eigenvalue weighted by Crippen LogP contribution is -2.36. The second-order valence-corrected chi connectivity index (χ2v) is 6.42. The molecule has 1 heterocycles. The van der Waals surface area contributed by atoms with E-state index in [0.29, 0.717) is 19.5 Å². The van der Waals surface area contributed by atoms with Gasteiger partial charge < -0.3 is 15.1 Å². The Balaban J connectivity index is 1.71. The topological polar surface area (TPSA) is 52.7 Å². The summed E-state index contributed by atoms with van der Waals surface area (Å²) in [7, 11) is 3.94. The van der Waals surface area contributed by atoms with Crippen LogP contribution >= 0.6 is 0 Å². The monoisotopic (exact) mass is 317 g/mol. The predicted molar refractivity (Wildman–Crippen MR) is 91.0 cm³/mol. The van der Waals surface area contributed by atoms with Crippen molar-refractivity contribution in [3.05, 3.63) is 35.9 Å². The predicted octanol–water partition coefficient (Wildman–Crippen LogP) is 1.15. The molecule has 1 aromatic rings. The number of hydrogen-bond acceptors (Lipinski definition) is 3. The highest BCUT2D eigenvalue weighted by Crippen LogP contribution is 2.18. The molecule has 1 fully saturated rings. The van der Waals surface area contributed by atoms with Gasteiger partial charge in [0.05, 0.1) is 5.92 Å². The summed E-state index contributed by atoms with van der Waals surface area (Å²) in [6.07, 6.45) is 2.24. The zero-order valence-electron chi connectivity index (χ0n) is 14.1. The summed E-state index contributed by atoms with van der Waals surface area (Å²) < 4.78 is 0. The molecule has 2 amide bonds. The summed E-state index contributed by atoms with van der Waals surface area (Å²) >= 11 is 0. The van der Waals surface area contributed by atoms with E-state index in [-0.39, 0.29) is 17.7 Å². The van der Waals surface area contributed by atoms with Gasteiger partial charge in [0, 0.05) is 32.6 Å². The molecule has 0 bridgehead atoms. The van der Waals surface area contributed by atoms with Crippen LogP contribution in [0.4, 0.5) is 0 Å². The Morgan fingerprint density at radius 2 is 2.04 bits per heavy atom. The SMILES string of the molecule is CN(C)CCNC(=O)C1CC(=O)N(CCCc2ccccc2)C1. The first kappa shape index (κ1) is 17.5. The molecule has 0 spiro atoms. The summed E-state index contributed by atoms with van der Waals surface area (Å²) in [6, 6.07) is 10.3. The average Bonchev–Trinajstić information content (AvgIpc) is 2.89. The van der Waals surface area contributed by atoms with E-state index in [4.69, 9.17) is 0 Å². The number of nitrogens with one attached hydrogen (secondary N) is 1. The highest BCUT2D eigenvalue weighted by molar-refractivity contribution is 5.89. The fourth-order valence-electron chi connectivity index (χ4n) is 2.83. The van der Waals surface area contributed by atoms with Crippen LogP contribution in [0.2, 0.25) is 0 Å². The molecular weight excluding hydrogens is 290 g/mol. The second kappa shape index (κ2) is 8.67. The maximum Gasteiger partial charge on any atom is 0.225 e. The van der Waals surface area contributed by atoms with Crippen LogP contribution in [0.5, 0.6) is 0 Å². The lowest BCUT2D eigenvalue weighted by molar-refractivity contribution is -0.129. The first-order valence-corrected chi connectivity index (χ1v) is 8.30. The Morgan fingerprint density at radius 1 is 1.30 bits per heavy atom. The van der Waals surface area contributed by atoms with Gasteiger partial charge in [0.15, 0.2) is 0 Å². The summed E-state index contributed by atoms with van der Waals surface area (Å²) in [5.74, 6) is -0.0852. The molecule has 1 atom stereocenters. The van der Waals surface area contributed by atoms with Crippen LogP contribution in [-0.4, -0.2) is 61.9 Å². The number of carbonyl (C=O) groups is 2. The number of likely N-dealkylation sites (tertiary alicyclic amines) is 1. The van der Waals surface area contributed by atoms with Crippen molar-refractivity contribution in [3.8, 4) is 0 Å². The molecule has 0 saturated carbocycles. The van der Waals surface area contributed by atoms with Crippen molar-refractivity contribution in [2.24, 2.45) is 5.92 Å². The van der Waals surface area contributed by atoms with Gasteiger partial charge in [-0.1, -0.05) is 30.3 Å². The normalized spacial score (nSPS) is 17.8. The standard InChI is InChI=1S/C18H27N3O2/c1-20(2)12-10-19-18(23)16-13-17(22)21(14-16)11-6-9-15-7-4-3-5-8-15/h3-5,7-8,16H,6,9-14H2,1-2H3,(H,19,23). The van der Waals surface area contributed by atoms with Crippen LogP contribution in [0.3, 0.4) is 0 Å². The molecule has 2 rings (SSSR count). The maximum atomic E-state index is 12.1. The summed E-state index contributed by atoms with van der Waals surface area (Å²) in [4.78, 5) is 28.0. The molecule has 5 heteroatoms. The summed E-state index contributed by atoms with van der Waals surface area (Å²) in [5.41, 5.74) is 1.29. The minimum absolute atomic E-state index is 0.00533. The van der Waals surface area contributed by atoms with E-state index in [1.54, 1.807) is 0 Å². The third kappa shape index (κ3) is 5.67. The highest BCUT2D eigenvalue weighted by atomic mass is 16.2. The number of likely N-dealkylation sites (N-methyl/N-ethyl adjacent to an activating group) is 1. The van der Waals surface area contributed by atoms with Crippen molar-refractivity contribution in [2.45, 2.75) is 19.3 Å². The lowest BCUT2D eigenvalue weighted by Gasteiger charge is -2.17. The zero-order chi connectivity index (χ0) is 16.7. The average molecular weight is 317 g/mol. The van der Waals surface area contributed by atoms with Crippen molar-refractivity contribution >= 4 is 11.8 Å². The van der Waals surface area contributed by atoms with Crippen molar-refractivity contribution in [2.75, 3.05) is 40.3 Å². The molecule has 1 unspecified atom stereocenters. The van der Waals surface area contributed by atoms with Gasteiger partial charge in [-0.3, -0.25) is 9.59 Å². The second-order valence-electron chi connectivity index (χ2n) is 6.42. The Morgan fingerprint density at radius 3 is 2.74 bits per heavy atom. The Labute approximate surface area is 138 Å². The van der Waals surface area contributed by atoms with Crippen LogP contribution < -0.4 is 5.32 Å². The fourth-order valence-corrected chi connectivity index (χ4v) is 2.83. The first-order valence-electron chi connectivity index (χ1n) is 8.30. The largest absolute Gasteiger partial charge is 0.355 e. The zero-order valence-corrected chi connectivity index (χ0v) is 14.1. The van der Waals surface area contributed by atoms with Gasteiger partial charge in [-0.2, -0.15) is 0 Å². The molecule has 1 aromatic carbocycles. The van der Waals surface area contributed by atoms with E-state index in [0.717, 1.165) is 25.9 Å². The van der Waals surface area contributed by atoms with Crippen LogP contribution in [0.1, 0.15) is 18.4 Å². The number of benzene rings is 1. The maximum absolute atomic E-state index is 12.1.